The van der Waals surface area contributed by atoms with Gasteiger partial charge in [-0.25, -0.2) is 4.79 Å². The molecule has 3 fully saturated rings. The second-order valence-corrected chi connectivity index (χ2v) is 9.64. The van der Waals surface area contributed by atoms with E-state index >= 15 is 0 Å². The molecule has 174 valence electrons. The lowest BCUT2D eigenvalue weighted by Crippen LogP contribution is -2.65. The van der Waals surface area contributed by atoms with Crippen LogP contribution >= 0.6 is 0 Å². The van der Waals surface area contributed by atoms with Crippen molar-refractivity contribution in [2.75, 3.05) is 31.5 Å². The largest absolute Gasteiger partial charge is 0.440 e. The summed E-state index contributed by atoms with van der Waals surface area (Å²) in [6.07, 6.45) is 2.15. The standard InChI is InChI=1S/C29H30N2O3/c32-27(23-11-5-2-6-12-23)20-31-17-15-24(16-18-31)28(21-31)34-29(33)30-26-14-8-7-13-25(26)19-22-9-3-1-4-10-22/h1-14,24,28H,15-21H2/p+1. The summed E-state index contributed by atoms with van der Waals surface area (Å²) in [5.41, 5.74) is 3.78. The van der Waals surface area contributed by atoms with Crippen LogP contribution in [0.4, 0.5) is 10.5 Å². The number of ether oxygens (including phenoxy) is 1. The second kappa shape index (κ2) is 9.82. The van der Waals surface area contributed by atoms with Crippen LogP contribution in [-0.2, 0) is 11.2 Å². The van der Waals surface area contributed by atoms with Gasteiger partial charge in [-0.3, -0.25) is 10.1 Å². The number of carbonyl (C=O) groups excluding carboxylic acids is 2. The van der Waals surface area contributed by atoms with E-state index in [0.717, 1.165) is 49.2 Å². The summed E-state index contributed by atoms with van der Waals surface area (Å²) < 4.78 is 6.68. The van der Waals surface area contributed by atoms with E-state index < -0.39 is 6.09 Å². The Morgan fingerprint density at radius 1 is 0.853 bits per heavy atom. The molecule has 3 saturated heterocycles. The molecule has 3 heterocycles. The maximum atomic E-state index is 12.9. The number of hydrogen-bond acceptors (Lipinski definition) is 3. The van der Waals surface area contributed by atoms with Crippen LogP contribution in [0.15, 0.2) is 84.9 Å². The number of amides is 1. The molecule has 5 heteroatoms. The van der Waals surface area contributed by atoms with Crippen molar-refractivity contribution in [3.8, 4) is 0 Å². The molecule has 1 unspecified atom stereocenters. The minimum Gasteiger partial charge on any atom is -0.440 e. The van der Waals surface area contributed by atoms with Gasteiger partial charge in [0.1, 0.15) is 13.1 Å². The predicted octanol–water partition coefficient (Wildman–Crippen LogP) is 5.32. The fourth-order valence-electron chi connectivity index (χ4n) is 5.49. The number of para-hydroxylation sites is 1. The summed E-state index contributed by atoms with van der Waals surface area (Å²) in [5.74, 6) is 0.538. The molecule has 6 rings (SSSR count). The van der Waals surface area contributed by atoms with Crippen LogP contribution in [0.3, 0.4) is 0 Å². The van der Waals surface area contributed by atoms with E-state index in [1.807, 2.05) is 72.8 Å². The van der Waals surface area contributed by atoms with Crippen LogP contribution in [0.5, 0.6) is 0 Å². The molecule has 34 heavy (non-hydrogen) atoms. The van der Waals surface area contributed by atoms with Crippen LogP contribution in [0.2, 0.25) is 0 Å². The Morgan fingerprint density at radius 2 is 1.50 bits per heavy atom. The highest BCUT2D eigenvalue weighted by molar-refractivity contribution is 5.97. The minimum absolute atomic E-state index is 0.160. The second-order valence-electron chi connectivity index (χ2n) is 9.64. The first-order chi connectivity index (χ1) is 16.6. The van der Waals surface area contributed by atoms with E-state index in [-0.39, 0.29) is 11.9 Å². The lowest BCUT2D eigenvalue weighted by molar-refractivity contribution is -0.938. The van der Waals surface area contributed by atoms with E-state index in [1.165, 1.54) is 5.56 Å². The fraction of sp³-hybridized carbons (Fsp3) is 0.310. The molecule has 3 aliphatic rings. The van der Waals surface area contributed by atoms with E-state index in [1.54, 1.807) is 0 Å². The molecule has 3 aromatic carbocycles. The van der Waals surface area contributed by atoms with Gasteiger partial charge < -0.3 is 9.22 Å². The molecule has 0 aromatic heterocycles. The zero-order chi connectivity index (χ0) is 23.4. The van der Waals surface area contributed by atoms with Gasteiger partial charge >= 0.3 is 6.09 Å². The van der Waals surface area contributed by atoms with Gasteiger partial charge in [0.05, 0.1) is 13.1 Å². The number of ketones is 1. The first-order valence-electron chi connectivity index (χ1n) is 12.1. The van der Waals surface area contributed by atoms with Crippen molar-refractivity contribution in [3.05, 3.63) is 102 Å². The van der Waals surface area contributed by atoms with Crippen molar-refractivity contribution < 1.29 is 18.8 Å². The zero-order valence-corrected chi connectivity index (χ0v) is 19.4. The number of nitrogens with zero attached hydrogens (tertiary/aromatic N) is 1. The maximum absolute atomic E-state index is 12.9. The molecule has 0 saturated carbocycles. The summed E-state index contributed by atoms with van der Waals surface area (Å²) in [6, 6.07) is 27.6. The molecular formula is C29H31N2O3+. The van der Waals surface area contributed by atoms with Crippen molar-refractivity contribution in [2.45, 2.75) is 25.4 Å². The minimum atomic E-state index is -0.410. The highest BCUT2D eigenvalue weighted by Crippen LogP contribution is 2.36. The summed E-state index contributed by atoms with van der Waals surface area (Å²) >= 11 is 0. The highest BCUT2D eigenvalue weighted by Gasteiger charge is 2.48. The van der Waals surface area contributed by atoms with Crippen LogP contribution < -0.4 is 5.32 Å². The van der Waals surface area contributed by atoms with Crippen LogP contribution in [0, 0.1) is 5.92 Å². The van der Waals surface area contributed by atoms with Gasteiger partial charge in [0.15, 0.2) is 6.10 Å². The molecule has 0 spiro atoms. The first kappa shape index (κ1) is 22.4. The van der Waals surface area contributed by atoms with E-state index in [9.17, 15) is 9.59 Å². The number of rotatable bonds is 7. The van der Waals surface area contributed by atoms with Crippen LogP contribution in [0.1, 0.15) is 34.3 Å². The number of carbonyl (C=O) groups is 2. The van der Waals surface area contributed by atoms with Gasteiger partial charge in [-0.2, -0.15) is 0 Å². The number of anilines is 1. The molecule has 3 aliphatic heterocycles. The molecule has 1 atom stereocenters. The number of Topliss-reactive ketones (excluding diaryl/α,β-unsaturated/α-hetero) is 1. The van der Waals surface area contributed by atoms with Crippen molar-refractivity contribution in [1.29, 1.82) is 0 Å². The van der Waals surface area contributed by atoms with Gasteiger partial charge in [0.2, 0.25) is 5.78 Å². The number of fused-ring (bicyclic) bond motifs is 3. The van der Waals surface area contributed by atoms with Gasteiger partial charge in [-0.05, 0) is 23.6 Å². The Labute approximate surface area is 201 Å². The van der Waals surface area contributed by atoms with Gasteiger partial charge in [-0.15, -0.1) is 0 Å². The molecule has 1 amide bonds. The number of benzene rings is 3. The number of hydrogen-bond donors (Lipinski definition) is 1. The maximum Gasteiger partial charge on any atom is 0.412 e. The van der Waals surface area contributed by atoms with Crippen LogP contribution in [0.25, 0.3) is 0 Å². The Bertz CT molecular complexity index is 1140. The summed E-state index contributed by atoms with van der Waals surface area (Å²) in [7, 11) is 0. The smallest absolute Gasteiger partial charge is 0.412 e. The molecular weight excluding hydrogens is 424 g/mol. The van der Waals surface area contributed by atoms with Gasteiger partial charge in [0.25, 0.3) is 0 Å². The summed E-state index contributed by atoms with van der Waals surface area (Å²) in [5, 5.41) is 2.98. The average Bonchev–Trinajstić information content (AvgIpc) is 2.87. The van der Waals surface area contributed by atoms with E-state index in [2.05, 4.69) is 17.4 Å². The van der Waals surface area contributed by atoms with Crippen molar-refractivity contribution in [2.24, 2.45) is 5.92 Å². The molecule has 3 aromatic rings. The van der Waals surface area contributed by atoms with Crippen molar-refractivity contribution in [1.82, 2.24) is 0 Å². The average molecular weight is 456 g/mol. The monoisotopic (exact) mass is 455 g/mol. The molecule has 1 N–H and O–H groups in total. The molecule has 0 aliphatic carbocycles. The molecule has 5 nitrogen and oxygen atoms in total. The quantitative estimate of drug-likeness (QED) is 0.388. The molecule has 0 radical (unpaired) electrons. The normalized spacial score (nSPS) is 23.3. The Balaban J connectivity index is 1.23. The lowest BCUT2D eigenvalue weighted by Gasteiger charge is -2.51. The first-order valence-corrected chi connectivity index (χ1v) is 12.1. The third-order valence-corrected chi connectivity index (χ3v) is 7.37. The predicted molar refractivity (Wildman–Crippen MR) is 133 cm³/mol. The third kappa shape index (κ3) is 5.05. The topological polar surface area (TPSA) is 55.4 Å². The highest BCUT2D eigenvalue weighted by atomic mass is 16.6. The fourth-order valence-corrected chi connectivity index (χ4v) is 5.49. The van der Waals surface area contributed by atoms with E-state index in [0.29, 0.717) is 23.5 Å². The number of nitrogens with one attached hydrogen (secondary N) is 1. The number of quaternary nitrogens is 1. The lowest BCUT2D eigenvalue weighted by atomic mass is 9.83. The zero-order valence-electron chi connectivity index (χ0n) is 19.4. The Morgan fingerprint density at radius 3 is 2.24 bits per heavy atom. The number of piperidine rings is 3. The summed E-state index contributed by atoms with van der Waals surface area (Å²) in [4.78, 5) is 25.8. The Kier molecular flexibility index (Phi) is 6.45. The SMILES string of the molecule is O=C(Nc1ccccc1Cc1ccccc1)OC1C[N+]2(CC(=O)c3ccccc3)CCC1CC2. The Hall–Kier alpha value is -3.44. The van der Waals surface area contributed by atoms with Crippen LogP contribution in [-0.4, -0.2) is 48.6 Å². The van der Waals surface area contributed by atoms with Gasteiger partial charge in [-0.1, -0.05) is 78.9 Å². The van der Waals surface area contributed by atoms with Crippen molar-refractivity contribution >= 4 is 17.6 Å². The molecule has 2 bridgehead atoms. The van der Waals surface area contributed by atoms with Gasteiger partial charge in [0, 0.05) is 30.0 Å². The van der Waals surface area contributed by atoms with E-state index in [4.69, 9.17) is 4.74 Å². The third-order valence-electron chi connectivity index (χ3n) is 7.37. The van der Waals surface area contributed by atoms with Crippen molar-refractivity contribution in [3.63, 3.8) is 0 Å². The summed E-state index contributed by atoms with van der Waals surface area (Å²) in [6.45, 7) is 3.13.